The quantitative estimate of drug-likeness (QED) is 0.0298. The molecule has 0 saturated carbocycles. The average Bonchev–Trinajstić information content (AvgIpc) is 4.18. The molecule has 86 heavy (non-hydrogen) atoms. The number of carbonyl (C=O) groups excluding carboxylic acids is 8. The van der Waals surface area contributed by atoms with E-state index in [2.05, 4.69) is 52.5 Å². The highest BCUT2D eigenvalue weighted by Gasteiger charge is 2.36. The summed E-state index contributed by atoms with van der Waals surface area (Å²) in [4.78, 5) is 132. The number of aromatic nitrogens is 2. The van der Waals surface area contributed by atoms with Gasteiger partial charge in [0.1, 0.15) is 54.1 Å². The fraction of sp³-hybridized carbons (Fsp3) is 0.413. The van der Waals surface area contributed by atoms with E-state index in [1.807, 2.05) is 68.4 Å². The zero-order chi connectivity index (χ0) is 62.8. The van der Waals surface area contributed by atoms with Gasteiger partial charge in [-0.2, -0.15) is 0 Å². The lowest BCUT2D eigenvalue weighted by Gasteiger charge is -2.28. The maximum atomic E-state index is 15.0. The highest BCUT2D eigenvalue weighted by atomic mass is 16.4. The van der Waals surface area contributed by atoms with Crippen LogP contribution in [0, 0.1) is 17.8 Å². The minimum absolute atomic E-state index is 0.0644. The first-order valence-electron chi connectivity index (χ1n) is 28.9. The molecule has 0 aliphatic rings. The maximum absolute atomic E-state index is 15.0. The van der Waals surface area contributed by atoms with Crippen molar-refractivity contribution in [1.29, 1.82) is 0 Å². The molecule has 2 heterocycles. The molecule has 10 atom stereocenters. The van der Waals surface area contributed by atoms with E-state index >= 15 is 0 Å². The molecule has 0 radical (unpaired) electrons. The van der Waals surface area contributed by atoms with Gasteiger partial charge in [0.05, 0.1) is 12.6 Å². The number of aliphatic carboxylic acids is 1. The van der Waals surface area contributed by atoms with Gasteiger partial charge in [-0.05, 0) is 84.0 Å². The van der Waals surface area contributed by atoms with E-state index < -0.39 is 126 Å². The van der Waals surface area contributed by atoms with Crippen LogP contribution in [0.4, 0.5) is 0 Å². The minimum Gasteiger partial charge on any atom is -0.508 e. The van der Waals surface area contributed by atoms with Crippen molar-refractivity contribution in [2.75, 3.05) is 6.61 Å². The molecule has 23 nitrogen and oxygen atoms in total. The van der Waals surface area contributed by atoms with Crippen LogP contribution in [0.25, 0.3) is 21.8 Å². The van der Waals surface area contributed by atoms with Crippen molar-refractivity contribution in [3.05, 3.63) is 138 Å². The predicted octanol–water partition coefficient (Wildman–Crippen LogP) is 2.68. The fourth-order valence-corrected chi connectivity index (χ4v) is 9.88. The molecule has 0 aliphatic heterocycles. The van der Waals surface area contributed by atoms with Crippen LogP contribution >= 0.6 is 0 Å². The maximum Gasteiger partial charge on any atom is 0.326 e. The molecular weight excluding hydrogens is 1100 g/mol. The minimum atomic E-state index is -1.74. The first-order valence-corrected chi connectivity index (χ1v) is 28.9. The first kappa shape index (κ1) is 66.1. The molecule has 15 N–H and O–H groups in total. The second kappa shape index (κ2) is 31.2. The number of hydrogen-bond acceptors (Lipinski definition) is 12. The standard InChI is InChI=1S/C63H81N11O12/c1-8-36(6)54(62(84)73-53(35(4)5)63(85)86)74-55(77)37(7)67-57(79)50(29-40-31-65-46-20-14-12-18-43(40)46)70-60(82)51(30-41-32-66-47-21-15-13-19-44(41)47)71-61(83)52(33-75)72-59(81)49(28-39-22-24-42(76)25-23-39)69-58(80)48(26-34(2)3)68-56(78)45(64)27-38-16-10-9-11-17-38/h9-25,31-32,34-37,45,48-54,65-66,75-76H,8,26-30,33,64H2,1-7H3,(H,67,79)(H,68,78)(H,69,80)(H,70,82)(H,71,83)(H,72,81)(H,73,84)(H,74,77)(H,85,86)/t36-,37-,45-,48-,49-,50-,51-,52-,53-,54-/m0/s1. The Morgan fingerprint density at radius 3 is 1.42 bits per heavy atom. The number of benzene rings is 4. The molecule has 6 aromatic rings. The highest BCUT2D eigenvalue weighted by molar-refractivity contribution is 5.99. The molecule has 8 amide bonds. The van der Waals surface area contributed by atoms with Crippen molar-refractivity contribution in [3.8, 4) is 5.75 Å². The number of hydrogen-bond donors (Lipinski definition) is 14. The third-order valence-electron chi connectivity index (χ3n) is 15.0. The number of phenolic OH excluding ortho intramolecular Hbond substituents is 1. The Kier molecular flexibility index (Phi) is 23.9. The smallest absolute Gasteiger partial charge is 0.326 e. The molecular formula is C63H81N11O12. The topological polar surface area (TPSA) is 368 Å². The van der Waals surface area contributed by atoms with Gasteiger partial charge in [0.2, 0.25) is 47.3 Å². The lowest BCUT2D eigenvalue weighted by atomic mass is 9.96. The molecule has 460 valence electrons. The first-order chi connectivity index (χ1) is 41.0. The lowest BCUT2D eigenvalue weighted by Crippen LogP contribution is -2.61. The molecule has 2 aromatic heterocycles. The highest BCUT2D eigenvalue weighted by Crippen LogP contribution is 2.22. The van der Waals surface area contributed by atoms with Crippen molar-refractivity contribution in [2.24, 2.45) is 23.5 Å². The number of rotatable bonds is 31. The van der Waals surface area contributed by atoms with Gasteiger partial charge in [-0.15, -0.1) is 0 Å². The Bertz CT molecular complexity index is 3310. The summed E-state index contributed by atoms with van der Waals surface area (Å²) < 4.78 is 0. The molecule has 23 heteroatoms. The van der Waals surface area contributed by atoms with Crippen molar-refractivity contribution in [1.82, 2.24) is 52.5 Å². The molecule has 0 spiro atoms. The number of aromatic amines is 2. The number of nitrogens with one attached hydrogen (secondary N) is 10. The van der Waals surface area contributed by atoms with Crippen molar-refractivity contribution < 1.29 is 58.5 Å². The second-order valence-electron chi connectivity index (χ2n) is 22.6. The van der Waals surface area contributed by atoms with Crippen LogP contribution in [-0.4, -0.2) is 139 Å². The van der Waals surface area contributed by atoms with E-state index in [-0.39, 0.29) is 43.8 Å². The number of fused-ring (bicyclic) bond motifs is 2. The van der Waals surface area contributed by atoms with E-state index in [9.17, 15) is 58.5 Å². The Labute approximate surface area is 499 Å². The third kappa shape index (κ3) is 18.5. The number of carboxylic acid groups (broad SMARTS) is 1. The largest absolute Gasteiger partial charge is 0.508 e. The lowest BCUT2D eigenvalue weighted by molar-refractivity contribution is -0.144. The third-order valence-corrected chi connectivity index (χ3v) is 15.0. The number of carboxylic acids is 1. The van der Waals surface area contributed by atoms with Crippen LogP contribution in [0.15, 0.2) is 116 Å². The zero-order valence-electron chi connectivity index (χ0n) is 49.4. The number of aromatic hydroxyl groups is 1. The van der Waals surface area contributed by atoms with Gasteiger partial charge >= 0.3 is 5.97 Å². The Balaban J connectivity index is 1.26. The average molecular weight is 1180 g/mol. The number of amides is 8. The van der Waals surface area contributed by atoms with E-state index in [4.69, 9.17) is 5.73 Å². The van der Waals surface area contributed by atoms with E-state index in [0.717, 1.165) is 16.5 Å². The fourth-order valence-electron chi connectivity index (χ4n) is 9.88. The van der Waals surface area contributed by atoms with Gasteiger partial charge in [0.25, 0.3) is 0 Å². The number of aliphatic hydroxyl groups excluding tert-OH is 1. The molecule has 0 saturated heterocycles. The van der Waals surface area contributed by atoms with Crippen LogP contribution in [0.1, 0.15) is 83.6 Å². The SMILES string of the molecule is CC[C@H](C)[C@H](NC(=O)[C@H](C)NC(=O)[C@H](Cc1c[nH]c2ccccc12)NC(=O)[C@H](Cc1c[nH]c2ccccc12)NC(=O)[C@H](CO)NC(=O)[C@H](Cc1ccc(O)cc1)NC(=O)[C@H](CC(C)C)NC(=O)[C@@H](N)Cc1ccccc1)C(=O)N[C@H](C(=O)O)C(C)C. The van der Waals surface area contributed by atoms with E-state index in [0.29, 0.717) is 34.0 Å². The Hall–Kier alpha value is -9.09. The summed E-state index contributed by atoms with van der Waals surface area (Å²) in [5, 5.41) is 53.4. The molecule has 4 aromatic carbocycles. The van der Waals surface area contributed by atoms with Crippen LogP contribution in [0.3, 0.4) is 0 Å². The number of H-pyrrole nitrogens is 2. The van der Waals surface area contributed by atoms with Gasteiger partial charge in [-0.25, -0.2) is 4.79 Å². The van der Waals surface area contributed by atoms with Crippen LogP contribution in [0.2, 0.25) is 0 Å². The summed E-state index contributed by atoms with van der Waals surface area (Å²) in [7, 11) is 0. The number of nitrogens with two attached hydrogens (primary N) is 1. The van der Waals surface area contributed by atoms with Gasteiger partial charge in [-0.1, -0.05) is 127 Å². The van der Waals surface area contributed by atoms with Crippen molar-refractivity contribution in [2.45, 2.75) is 141 Å². The van der Waals surface area contributed by atoms with Crippen LogP contribution in [0.5, 0.6) is 5.75 Å². The molecule has 0 aliphatic carbocycles. The summed E-state index contributed by atoms with van der Waals surface area (Å²) in [5.74, 6) is -8.88. The van der Waals surface area contributed by atoms with Gasteiger partial charge in [0, 0.05) is 53.5 Å². The Morgan fingerprint density at radius 2 is 0.919 bits per heavy atom. The normalized spacial score (nSPS) is 14.9. The summed E-state index contributed by atoms with van der Waals surface area (Å²) >= 11 is 0. The van der Waals surface area contributed by atoms with Gasteiger partial charge < -0.3 is 73.6 Å². The Morgan fingerprint density at radius 1 is 0.477 bits per heavy atom. The number of aliphatic hydroxyl groups is 1. The van der Waals surface area contributed by atoms with E-state index in [1.165, 1.54) is 31.2 Å². The molecule has 0 fully saturated rings. The van der Waals surface area contributed by atoms with Crippen molar-refractivity contribution >= 4 is 75.0 Å². The van der Waals surface area contributed by atoms with Gasteiger partial charge in [0.15, 0.2) is 0 Å². The predicted molar refractivity (Wildman–Crippen MR) is 324 cm³/mol. The summed E-state index contributed by atoms with van der Waals surface area (Å²) in [6, 6.07) is 17.3. The van der Waals surface area contributed by atoms with Crippen LogP contribution < -0.4 is 48.3 Å². The van der Waals surface area contributed by atoms with Crippen LogP contribution in [-0.2, 0) is 68.8 Å². The summed E-state index contributed by atoms with van der Waals surface area (Å²) in [6.07, 6.45) is 3.57. The number of phenols is 1. The number of para-hydroxylation sites is 2. The molecule has 0 bridgehead atoms. The monoisotopic (exact) mass is 1180 g/mol. The second-order valence-corrected chi connectivity index (χ2v) is 22.6. The molecule has 0 unspecified atom stereocenters. The number of carbonyl (C=O) groups is 9. The summed E-state index contributed by atoms with van der Waals surface area (Å²) in [5.41, 5.74) is 10.2. The zero-order valence-corrected chi connectivity index (χ0v) is 49.4. The van der Waals surface area contributed by atoms with Crippen molar-refractivity contribution in [3.63, 3.8) is 0 Å². The molecule has 6 rings (SSSR count). The van der Waals surface area contributed by atoms with Gasteiger partial charge in [-0.3, -0.25) is 38.4 Å². The van der Waals surface area contributed by atoms with E-state index in [1.54, 1.807) is 64.4 Å². The summed E-state index contributed by atoms with van der Waals surface area (Å²) in [6.45, 7) is 10.9.